The van der Waals surface area contributed by atoms with Crippen molar-refractivity contribution in [2.45, 2.75) is 13.3 Å². The first kappa shape index (κ1) is 16.4. The Morgan fingerprint density at radius 2 is 1.96 bits per heavy atom. The summed E-state index contributed by atoms with van der Waals surface area (Å²) < 4.78 is 16.3. The van der Waals surface area contributed by atoms with Gasteiger partial charge in [-0.25, -0.2) is 0 Å². The third-order valence-corrected chi connectivity index (χ3v) is 4.73. The fraction of sp³-hybridized carbons (Fsp3) is 0.300. The lowest BCUT2D eigenvalue weighted by Gasteiger charge is -2.10. The molecule has 4 rings (SSSR count). The zero-order chi connectivity index (χ0) is 18.3. The van der Waals surface area contributed by atoms with Crippen LogP contribution in [0.3, 0.4) is 0 Å². The van der Waals surface area contributed by atoms with Crippen LogP contribution in [0.4, 0.5) is 5.69 Å². The topological polar surface area (TPSA) is 77.8 Å². The lowest BCUT2D eigenvalue weighted by molar-refractivity contribution is -0.148. The molecule has 0 bridgehead atoms. The fourth-order valence-corrected chi connectivity index (χ4v) is 3.10. The summed E-state index contributed by atoms with van der Waals surface area (Å²) in [5, 5.41) is 4.61. The summed E-state index contributed by atoms with van der Waals surface area (Å²) in [6.45, 7) is 1.67. The van der Waals surface area contributed by atoms with Gasteiger partial charge in [-0.2, -0.15) is 0 Å². The summed E-state index contributed by atoms with van der Waals surface area (Å²) >= 11 is 0. The van der Waals surface area contributed by atoms with E-state index in [1.807, 2.05) is 37.3 Å². The smallest absolute Gasteiger partial charge is 0.309 e. The molecule has 1 saturated carbocycles. The minimum Gasteiger partial charge on any atom is -0.495 e. The van der Waals surface area contributed by atoms with Gasteiger partial charge in [-0.1, -0.05) is 25.1 Å². The highest BCUT2D eigenvalue weighted by Crippen LogP contribution is 2.39. The molecular formula is C20H19NO5. The highest BCUT2D eigenvalue weighted by Gasteiger charge is 2.40. The number of methoxy groups -OCH3 is 1. The van der Waals surface area contributed by atoms with Crippen molar-refractivity contribution in [1.82, 2.24) is 0 Å². The molecule has 0 spiro atoms. The molecule has 0 radical (unpaired) electrons. The highest BCUT2D eigenvalue weighted by atomic mass is 16.5. The van der Waals surface area contributed by atoms with Crippen LogP contribution in [0, 0.1) is 11.8 Å². The van der Waals surface area contributed by atoms with Gasteiger partial charge in [0.1, 0.15) is 16.9 Å². The van der Waals surface area contributed by atoms with Crippen LogP contribution in [0.1, 0.15) is 13.3 Å². The molecule has 0 aliphatic heterocycles. The standard InChI is InChI=1S/C20H19NO5/c1-11-7-13(11)20(23)25-10-19(22)21-15-9-17-14(8-18(15)24-2)12-5-3-4-6-16(12)26-17/h3-6,8-9,11,13H,7,10H2,1-2H3,(H,21,22). The van der Waals surface area contributed by atoms with Crippen molar-refractivity contribution in [2.75, 3.05) is 19.0 Å². The van der Waals surface area contributed by atoms with Gasteiger partial charge in [0, 0.05) is 16.8 Å². The Morgan fingerprint density at radius 1 is 1.19 bits per heavy atom. The molecule has 2 atom stereocenters. The maximum Gasteiger partial charge on any atom is 0.309 e. The lowest BCUT2D eigenvalue weighted by atomic mass is 10.1. The molecule has 1 amide bonds. The Labute approximate surface area is 150 Å². The first-order chi connectivity index (χ1) is 12.6. The molecule has 0 saturated heterocycles. The molecule has 3 aromatic rings. The second-order valence-corrected chi connectivity index (χ2v) is 6.62. The number of rotatable bonds is 5. The molecule has 1 aliphatic carbocycles. The van der Waals surface area contributed by atoms with Gasteiger partial charge in [0.2, 0.25) is 0 Å². The fourth-order valence-electron chi connectivity index (χ4n) is 3.10. The predicted octanol–water partition coefficient (Wildman–Crippen LogP) is 3.73. The maximum atomic E-state index is 12.1. The van der Waals surface area contributed by atoms with E-state index in [2.05, 4.69) is 5.32 Å². The number of carbonyl (C=O) groups excluding carboxylic acids is 2. The van der Waals surface area contributed by atoms with E-state index in [1.165, 1.54) is 7.11 Å². The number of para-hydroxylation sites is 1. The zero-order valence-electron chi connectivity index (χ0n) is 14.6. The maximum absolute atomic E-state index is 12.1. The Morgan fingerprint density at radius 3 is 2.69 bits per heavy atom. The zero-order valence-corrected chi connectivity index (χ0v) is 14.6. The third-order valence-electron chi connectivity index (χ3n) is 4.73. The summed E-state index contributed by atoms with van der Waals surface area (Å²) in [7, 11) is 1.54. The second-order valence-electron chi connectivity index (χ2n) is 6.62. The van der Waals surface area contributed by atoms with Crippen LogP contribution >= 0.6 is 0 Å². The normalized spacial score (nSPS) is 18.7. The SMILES string of the molecule is COc1cc2c(cc1NC(=O)COC(=O)C1CC1C)oc1ccccc12. The molecule has 2 unspecified atom stereocenters. The number of hydrogen-bond acceptors (Lipinski definition) is 5. The van der Waals surface area contributed by atoms with E-state index in [4.69, 9.17) is 13.9 Å². The predicted molar refractivity (Wildman–Crippen MR) is 97.1 cm³/mol. The summed E-state index contributed by atoms with van der Waals surface area (Å²) in [5.41, 5.74) is 1.88. The average molecular weight is 353 g/mol. The quantitative estimate of drug-likeness (QED) is 0.707. The van der Waals surface area contributed by atoms with Crippen molar-refractivity contribution in [2.24, 2.45) is 11.8 Å². The van der Waals surface area contributed by atoms with E-state index < -0.39 is 5.91 Å². The molecule has 26 heavy (non-hydrogen) atoms. The van der Waals surface area contributed by atoms with Crippen molar-refractivity contribution < 1.29 is 23.5 Å². The van der Waals surface area contributed by atoms with Crippen molar-refractivity contribution in [3.63, 3.8) is 0 Å². The largest absolute Gasteiger partial charge is 0.495 e. The van der Waals surface area contributed by atoms with Crippen molar-refractivity contribution >= 4 is 39.5 Å². The van der Waals surface area contributed by atoms with E-state index in [0.717, 1.165) is 22.8 Å². The molecule has 1 aromatic heterocycles. The summed E-state index contributed by atoms with van der Waals surface area (Å²) in [6, 6.07) is 11.2. The van der Waals surface area contributed by atoms with Gasteiger partial charge < -0.3 is 19.2 Å². The van der Waals surface area contributed by atoms with E-state index in [1.54, 1.807) is 6.07 Å². The number of ether oxygens (including phenoxy) is 2. The van der Waals surface area contributed by atoms with Crippen LogP contribution < -0.4 is 10.1 Å². The van der Waals surface area contributed by atoms with Gasteiger partial charge >= 0.3 is 5.97 Å². The van der Waals surface area contributed by atoms with Crippen LogP contribution in [0.2, 0.25) is 0 Å². The molecule has 1 N–H and O–H groups in total. The molecule has 1 fully saturated rings. The number of benzene rings is 2. The third kappa shape index (κ3) is 2.98. The first-order valence-corrected chi connectivity index (χ1v) is 8.52. The van der Waals surface area contributed by atoms with Gasteiger partial charge in [0.15, 0.2) is 6.61 Å². The van der Waals surface area contributed by atoms with Crippen LogP contribution in [0.25, 0.3) is 21.9 Å². The molecule has 2 aromatic carbocycles. The van der Waals surface area contributed by atoms with E-state index in [0.29, 0.717) is 22.9 Å². The van der Waals surface area contributed by atoms with Crippen LogP contribution in [0.5, 0.6) is 5.75 Å². The number of fused-ring (bicyclic) bond motifs is 3. The van der Waals surface area contributed by atoms with Gasteiger partial charge in [-0.05, 0) is 24.5 Å². The number of hydrogen-bond donors (Lipinski definition) is 1. The number of nitrogens with one attached hydrogen (secondary N) is 1. The van der Waals surface area contributed by atoms with Crippen molar-refractivity contribution in [3.05, 3.63) is 36.4 Å². The van der Waals surface area contributed by atoms with Gasteiger partial charge in [0.25, 0.3) is 5.91 Å². The molecule has 1 heterocycles. The molecular weight excluding hydrogens is 334 g/mol. The highest BCUT2D eigenvalue weighted by molar-refractivity contribution is 6.07. The van der Waals surface area contributed by atoms with Crippen molar-refractivity contribution in [1.29, 1.82) is 0 Å². The molecule has 134 valence electrons. The Kier molecular flexibility index (Phi) is 4.03. The van der Waals surface area contributed by atoms with E-state index in [-0.39, 0.29) is 18.5 Å². The molecule has 6 heteroatoms. The van der Waals surface area contributed by atoms with Crippen LogP contribution in [0.15, 0.2) is 40.8 Å². The Balaban J connectivity index is 1.54. The monoisotopic (exact) mass is 353 g/mol. The average Bonchev–Trinajstić information content (AvgIpc) is 3.26. The number of furan rings is 1. The van der Waals surface area contributed by atoms with Gasteiger partial charge in [-0.15, -0.1) is 0 Å². The van der Waals surface area contributed by atoms with E-state index in [9.17, 15) is 9.59 Å². The summed E-state index contributed by atoms with van der Waals surface area (Å²) in [5.74, 6) is 0.0673. The molecule has 6 nitrogen and oxygen atoms in total. The number of anilines is 1. The number of esters is 1. The van der Waals surface area contributed by atoms with Crippen molar-refractivity contribution in [3.8, 4) is 5.75 Å². The summed E-state index contributed by atoms with van der Waals surface area (Å²) in [4.78, 5) is 23.9. The minimum absolute atomic E-state index is 0.0655. The number of amides is 1. The lowest BCUT2D eigenvalue weighted by Crippen LogP contribution is -2.22. The number of carbonyl (C=O) groups is 2. The second kappa shape index (κ2) is 6.37. The van der Waals surface area contributed by atoms with Gasteiger partial charge in [0.05, 0.1) is 18.7 Å². The first-order valence-electron chi connectivity index (χ1n) is 8.52. The summed E-state index contributed by atoms with van der Waals surface area (Å²) in [6.07, 6.45) is 0.830. The van der Waals surface area contributed by atoms with Crippen LogP contribution in [-0.2, 0) is 14.3 Å². The van der Waals surface area contributed by atoms with E-state index >= 15 is 0 Å². The minimum atomic E-state index is -0.416. The Hall–Kier alpha value is -3.02. The van der Waals surface area contributed by atoms with Crippen LogP contribution in [-0.4, -0.2) is 25.6 Å². The Bertz CT molecular complexity index is 1010. The van der Waals surface area contributed by atoms with Gasteiger partial charge in [-0.3, -0.25) is 9.59 Å². The molecule has 1 aliphatic rings.